The lowest BCUT2D eigenvalue weighted by Gasteiger charge is -2.71. The van der Waals surface area contributed by atoms with E-state index < -0.39 is 21.0 Å². The highest BCUT2D eigenvalue weighted by molar-refractivity contribution is 7.87. The van der Waals surface area contributed by atoms with Crippen LogP contribution in [-0.4, -0.2) is 32.4 Å². The highest BCUT2D eigenvalue weighted by Crippen LogP contribution is 2.77. The Labute approximate surface area is 242 Å². The smallest absolute Gasteiger partial charge is 0.380 e. The number of carbonyl (C=O) groups excluding carboxylic acids is 1. The molecule has 0 bridgehead atoms. The number of ether oxygens (including phenoxy) is 1. The van der Waals surface area contributed by atoms with Gasteiger partial charge in [0.15, 0.2) is 5.78 Å². The number of Topliss-reactive ketones (excluding diaryl/α,β-unsaturated/α-hetero) is 1. The number of allylic oxidation sites excluding steroid dienone is 3. The van der Waals surface area contributed by atoms with Crippen molar-refractivity contribution < 1.29 is 35.3 Å². The molecule has 0 aromatic carbocycles. The van der Waals surface area contributed by atoms with Gasteiger partial charge in [-0.05, 0) is 96.5 Å². The van der Waals surface area contributed by atoms with E-state index in [9.17, 15) is 26.4 Å². The molecule has 3 saturated carbocycles. The zero-order chi connectivity index (χ0) is 30.2. The van der Waals surface area contributed by atoms with Gasteiger partial charge in [-0.1, -0.05) is 54.0 Å². The highest BCUT2D eigenvalue weighted by atomic mass is 32.2. The Bertz CT molecular complexity index is 1340. The summed E-state index contributed by atoms with van der Waals surface area (Å²) in [6.45, 7) is 15.9. The number of halogens is 3. The molecule has 1 unspecified atom stereocenters. The van der Waals surface area contributed by atoms with Crippen LogP contribution >= 0.6 is 0 Å². The van der Waals surface area contributed by atoms with E-state index in [1.165, 1.54) is 5.57 Å². The van der Waals surface area contributed by atoms with Gasteiger partial charge in [0.25, 0.3) is 0 Å². The number of hydrogen-bond donors (Lipinski definition) is 0. The van der Waals surface area contributed by atoms with E-state index in [1.54, 1.807) is 6.08 Å². The Morgan fingerprint density at radius 2 is 1.63 bits per heavy atom. The van der Waals surface area contributed by atoms with Crippen LogP contribution in [-0.2, 0) is 23.8 Å². The first-order chi connectivity index (χ1) is 18.8. The van der Waals surface area contributed by atoms with E-state index in [-0.39, 0.29) is 45.4 Å². The maximum Gasteiger partial charge on any atom is 0.534 e. The van der Waals surface area contributed by atoms with Crippen molar-refractivity contribution in [2.45, 2.75) is 111 Å². The van der Waals surface area contributed by atoms with Crippen molar-refractivity contribution >= 4 is 15.9 Å². The molecule has 6 rings (SSSR count). The molecule has 9 heteroatoms. The average Bonchev–Trinajstić information content (AvgIpc) is 3.64. The second kappa shape index (κ2) is 8.64. The quantitative estimate of drug-likeness (QED) is 0.188. The summed E-state index contributed by atoms with van der Waals surface area (Å²) in [5.74, 6) is 1.01. The monoisotopic (exact) mass is 598 g/mol. The summed E-state index contributed by atoms with van der Waals surface area (Å²) in [7, 11) is -5.73. The fraction of sp³-hybridized carbons (Fsp3) is 0.844. The zero-order valence-corrected chi connectivity index (χ0v) is 26.2. The third-order valence-corrected chi connectivity index (χ3v) is 14.4. The molecule has 0 spiro atoms. The highest BCUT2D eigenvalue weighted by Gasteiger charge is 2.71. The normalized spacial score (nSPS) is 45.4. The van der Waals surface area contributed by atoms with Gasteiger partial charge in [-0.2, -0.15) is 21.6 Å². The summed E-state index contributed by atoms with van der Waals surface area (Å²) in [5.41, 5.74) is -4.29. The molecule has 41 heavy (non-hydrogen) atoms. The predicted octanol–water partition coefficient (Wildman–Crippen LogP) is 7.73. The Kier molecular flexibility index (Phi) is 6.26. The van der Waals surface area contributed by atoms with Gasteiger partial charge in [-0.25, -0.2) is 0 Å². The maximum absolute atomic E-state index is 13.5. The first-order valence-corrected chi connectivity index (χ1v) is 16.8. The van der Waals surface area contributed by atoms with Crippen LogP contribution in [0, 0.1) is 50.7 Å². The molecule has 230 valence electrons. The van der Waals surface area contributed by atoms with E-state index in [1.807, 2.05) is 13.8 Å². The van der Waals surface area contributed by atoms with E-state index in [0.717, 1.165) is 50.7 Å². The molecular formula is C32H45F3O5S. The lowest BCUT2D eigenvalue weighted by Crippen LogP contribution is -2.64. The number of epoxide rings is 1. The molecule has 0 aromatic heterocycles. The summed E-state index contributed by atoms with van der Waals surface area (Å²) >= 11 is 0. The van der Waals surface area contributed by atoms with Crippen molar-refractivity contribution in [1.29, 1.82) is 0 Å². The summed E-state index contributed by atoms with van der Waals surface area (Å²) in [6.07, 6.45) is 8.52. The summed E-state index contributed by atoms with van der Waals surface area (Å²) < 4.78 is 74.3. The summed E-state index contributed by atoms with van der Waals surface area (Å²) in [6, 6.07) is 0. The fourth-order valence-corrected chi connectivity index (χ4v) is 11.9. The SMILES string of the molecule is CC(C)C1=C2[C@H]3CC[C@@H]4[C@@]5(C)CC=C(OS(=O)(=O)C(F)(F)F)C(C)(C)[C@@H]5CC[C@@]4(C)[C@]3(C)CC[C@@]2(C2CO2)CC1=O. The van der Waals surface area contributed by atoms with Crippen LogP contribution in [0.5, 0.6) is 0 Å². The van der Waals surface area contributed by atoms with E-state index in [4.69, 9.17) is 8.92 Å². The van der Waals surface area contributed by atoms with Crippen molar-refractivity contribution in [2.24, 2.45) is 50.7 Å². The summed E-state index contributed by atoms with van der Waals surface area (Å²) in [5, 5.41) is 0. The van der Waals surface area contributed by atoms with Gasteiger partial charge < -0.3 is 8.92 Å². The van der Waals surface area contributed by atoms with E-state index in [2.05, 4.69) is 34.6 Å². The van der Waals surface area contributed by atoms with E-state index in [0.29, 0.717) is 30.5 Å². The van der Waals surface area contributed by atoms with Crippen LogP contribution in [0.2, 0.25) is 0 Å². The number of alkyl halides is 3. The largest absolute Gasteiger partial charge is 0.534 e. The summed E-state index contributed by atoms with van der Waals surface area (Å²) in [4.78, 5) is 13.5. The topological polar surface area (TPSA) is 73.0 Å². The molecule has 0 aromatic rings. The molecule has 6 aliphatic rings. The lowest BCUT2D eigenvalue weighted by molar-refractivity contribution is -0.202. The molecule has 1 saturated heterocycles. The Morgan fingerprint density at radius 1 is 0.976 bits per heavy atom. The van der Waals surface area contributed by atoms with Gasteiger partial charge in [-0.15, -0.1) is 0 Å². The second-order valence-electron chi connectivity index (χ2n) is 15.7. The van der Waals surface area contributed by atoms with Gasteiger partial charge >= 0.3 is 15.6 Å². The van der Waals surface area contributed by atoms with Crippen molar-refractivity contribution in [3.63, 3.8) is 0 Å². The van der Waals surface area contributed by atoms with Crippen molar-refractivity contribution in [2.75, 3.05) is 6.61 Å². The van der Waals surface area contributed by atoms with Crippen molar-refractivity contribution in [3.05, 3.63) is 23.0 Å². The minimum absolute atomic E-state index is 0.0160. The van der Waals surface area contributed by atoms with Gasteiger partial charge in [0.1, 0.15) is 5.76 Å². The standard InChI is InChI=1S/C32H45F3O5S/c1-18(2)25-20(36)16-31(24-17-39-24)15-14-29(6)19(26(25)31)8-9-22-28(5)12-11-23(40-41(37,38)32(33,34)35)27(3,4)21(28)10-13-30(22,29)7/h11,18-19,21-22,24H,8-10,12-17H2,1-7H3/t19-,21+,22-,24?,28+,29-,30-,31+/m1/s1. The molecule has 1 aliphatic heterocycles. The number of ketones is 1. The number of fused-ring (bicyclic) bond motifs is 7. The minimum atomic E-state index is -5.73. The number of hydrogen-bond acceptors (Lipinski definition) is 5. The molecule has 0 amide bonds. The molecule has 8 atom stereocenters. The molecule has 0 radical (unpaired) electrons. The van der Waals surface area contributed by atoms with Crippen LogP contribution in [0.4, 0.5) is 13.2 Å². The van der Waals surface area contributed by atoms with Gasteiger partial charge in [0.2, 0.25) is 0 Å². The Hall–Kier alpha value is -1.35. The third kappa shape index (κ3) is 3.75. The van der Waals surface area contributed by atoms with Crippen molar-refractivity contribution in [1.82, 2.24) is 0 Å². The first kappa shape index (κ1) is 29.7. The fourth-order valence-electron chi connectivity index (χ4n) is 11.3. The van der Waals surface area contributed by atoms with Gasteiger partial charge in [-0.3, -0.25) is 4.79 Å². The lowest BCUT2D eigenvalue weighted by atomic mass is 9.33. The van der Waals surface area contributed by atoms with Gasteiger partial charge in [0.05, 0.1) is 12.7 Å². The first-order valence-electron chi connectivity index (χ1n) is 15.4. The molecule has 5 nitrogen and oxygen atoms in total. The Balaban J connectivity index is 1.39. The average molecular weight is 599 g/mol. The van der Waals surface area contributed by atoms with Crippen molar-refractivity contribution in [3.8, 4) is 0 Å². The van der Waals surface area contributed by atoms with Crippen LogP contribution in [0.15, 0.2) is 23.0 Å². The van der Waals surface area contributed by atoms with Crippen LogP contribution in [0.1, 0.15) is 99.8 Å². The second-order valence-corrected chi connectivity index (χ2v) is 17.2. The van der Waals surface area contributed by atoms with Gasteiger partial charge in [0, 0.05) is 17.3 Å². The number of rotatable bonds is 4. The van der Waals surface area contributed by atoms with E-state index >= 15 is 0 Å². The number of carbonyl (C=O) groups is 1. The molecule has 5 aliphatic carbocycles. The molecule has 0 N–H and O–H groups in total. The maximum atomic E-state index is 13.5. The molecule has 1 heterocycles. The zero-order valence-electron chi connectivity index (χ0n) is 25.4. The Morgan fingerprint density at radius 3 is 2.22 bits per heavy atom. The predicted molar refractivity (Wildman–Crippen MR) is 149 cm³/mol. The third-order valence-electron chi connectivity index (χ3n) is 13.4. The van der Waals surface area contributed by atoms with Crippen LogP contribution in [0.3, 0.4) is 0 Å². The molecule has 4 fully saturated rings. The van der Waals surface area contributed by atoms with Crippen LogP contribution < -0.4 is 0 Å². The molecular weight excluding hydrogens is 553 g/mol. The minimum Gasteiger partial charge on any atom is -0.380 e. The van der Waals surface area contributed by atoms with Crippen LogP contribution in [0.25, 0.3) is 0 Å².